The first-order valence-electron chi connectivity index (χ1n) is 12.0. The van der Waals surface area contributed by atoms with E-state index in [1.165, 1.54) is 4.57 Å². The Kier molecular flexibility index (Phi) is 6.85. The molecule has 2 heterocycles. The van der Waals surface area contributed by atoms with E-state index < -0.39 is 0 Å². The molecule has 0 bridgehead atoms. The van der Waals surface area contributed by atoms with Gasteiger partial charge in [-0.25, -0.2) is 4.79 Å². The molecular weight excluding hydrogens is 476 g/mol. The number of rotatable bonds is 6. The highest BCUT2D eigenvalue weighted by Gasteiger charge is 2.23. The minimum atomic E-state index is -0.362. The number of hydrogen-bond donors (Lipinski definition) is 0. The topological polar surface area (TPSA) is 59.7 Å². The summed E-state index contributed by atoms with van der Waals surface area (Å²) in [6.07, 6.45) is 0. The number of hydrogen-bond acceptors (Lipinski definition) is 5. The van der Waals surface area contributed by atoms with Crippen LogP contribution in [0.5, 0.6) is 5.75 Å². The summed E-state index contributed by atoms with van der Waals surface area (Å²) in [6.45, 7) is 3.83. The van der Waals surface area contributed by atoms with Crippen LogP contribution in [0.3, 0.4) is 0 Å². The zero-order chi connectivity index (χ0) is 25.2. The van der Waals surface area contributed by atoms with Gasteiger partial charge in [-0.3, -0.25) is 13.9 Å². The maximum absolute atomic E-state index is 14.0. The van der Waals surface area contributed by atoms with Crippen molar-refractivity contribution in [1.29, 1.82) is 0 Å². The van der Waals surface area contributed by atoms with Gasteiger partial charge in [0.2, 0.25) is 0 Å². The van der Waals surface area contributed by atoms with Crippen molar-refractivity contribution in [1.82, 2.24) is 14.0 Å². The lowest BCUT2D eigenvalue weighted by Gasteiger charge is -2.34. The third-order valence-corrected chi connectivity index (χ3v) is 7.02. The number of halogens is 1. The highest BCUT2D eigenvalue weighted by molar-refractivity contribution is 6.31. The molecule has 0 aliphatic carbocycles. The number of ether oxygens (including phenoxy) is 1. The van der Waals surface area contributed by atoms with Crippen LogP contribution in [0.4, 0.5) is 5.69 Å². The van der Waals surface area contributed by atoms with Crippen LogP contribution in [0, 0.1) is 0 Å². The van der Waals surface area contributed by atoms with Crippen LogP contribution in [0.2, 0.25) is 5.02 Å². The lowest BCUT2D eigenvalue weighted by atomic mass is 10.1. The van der Waals surface area contributed by atoms with Crippen LogP contribution in [-0.4, -0.2) is 54.4 Å². The summed E-state index contributed by atoms with van der Waals surface area (Å²) >= 11 is 6.58. The summed E-state index contributed by atoms with van der Waals surface area (Å²) in [5, 5.41) is 1.03. The Morgan fingerprint density at radius 1 is 0.833 bits per heavy atom. The summed E-state index contributed by atoms with van der Waals surface area (Å²) < 4.78 is 8.26. The second-order valence-electron chi connectivity index (χ2n) is 9.20. The summed E-state index contributed by atoms with van der Waals surface area (Å²) in [5.41, 5.74) is 2.48. The largest absolute Gasteiger partial charge is 0.497 e. The first kappa shape index (κ1) is 24.2. The van der Waals surface area contributed by atoms with Gasteiger partial charge >= 0.3 is 5.69 Å². The molecule has 0 N–H and O–H groups in total. The van der Waals surface area contributed by atoms with Gasteiger partial charge in [0.1, 0.15) is 5.75 Å². The maximum atomic E-state index is 14.0. The van der Waals surface area contributed by atoms with E-state index in [1.807, 2.05) is 60.7 Å². The van der Waals surface area contributed by atoms with Gasteiger partial charge in [0.25, 0.3) is 5.56 Å². The van der Waals surface area contributed by atoms with Crippen LogP contribution < -0.4 is 20.9 Å². The highest BCUT2D eigenvalue weighted by atomic mass is 35.5. The Labute approximate surface area is 214 Å². The molecule has 7 nitrogen and oxygen atoms in total. The van der Waals surface area contributed by atoms with Crippen molar-refractivity contribution in [2.24, 2.45) is 0 Å². The summed E-state index contributed by atoms with van der Waals surface area (Å²) in [7, 11) is 3.70. The third-order valence-electron chi connectivity index (χ3n) is 6.80. The van der Waals surface area contributed by atoms with Crippen LogP contribution in [0.15, 0.2) is 76.3 Å². The predicted molar refractivity (Wildman–Crippen MR) is 145 cm³/mol. The summed E-state index contributed by atoms with van der Waals surface area (Å²) in [5.74, 6) is 0.720. The molecule has 0 saturated carbocycles. The highest BCUT2D eigenvalue weighted by Crippen LogP contribution is 2.29. The van der Waals surface area contributed by atoms with Crippen LogP contribution in [-0.2, 0) is 13.1 Å². The van der Waals surface area contributed by atoms with Crippen LogP contribution >= 0.6 is 11.6 Å². The number of likely N-dealkylation sites (N-methyl/N-ethyl adjacent to an activating group) is 1. The molecule has 1 saturated heterocycles. The van der Waals surface area contributed by atoms with Crippen molar-refractivity contribution in [3.8, 4) is 5.75 Å². The van der Waals surface area contributed by atoms with Gasteiger partial charge in [-0.2, -0.15) is 0 Å². The first-order valence-corrected chi connectivity index (χ1v) is 12.4. The van der Waals surface area contributed by atoms with E-state index in [0.29, 0.717) is 22.5 Å². The number of piperazine rings is 1. The number of aromatic nitrogens is 2. The Bertz CT molecular complexity index is 1490. The normalized spacial score (nSPS) is 14.4. The second-order valence-corrected chi connectivity index (χ2v) is 9.64. The fraction of sp³-hybridized carbons (Fsp3) is 0.286. The molecule has 5 rings (SSSR count). The minimum Gasteiger partial charge on any atom is -0.497 e. The van der Waals surface area contributed by atoms with Crippen LogP contribution in [0.1, 0.15) is 11.1 Å². The van der Waals surface area contributed by atoms with Gasteiger partial charge in [0, 0.05) is 31.2 Å². The molecule has 1 aliphatic rings. The molecule has 3 aromatic carbocycles. The van der Waals surface area contributed by atoms with Crippen molar-refractivity contribution in [2.75, 3.05) is 45.2 Å². The Morgan fingerprint density at radius 3 is 2.14 bits per heavy atom. The molecule has 0 spiro atoms. The van der Waals surface area contributed by atoms with E-state index in [9.17, 15) is 9.59 Å². The average Bonchev–Trinajstić information content (AvgIpc) is 2.90. The Hall–Kier alpha value is -3.55. The molecule has 36 heavy (non-hydrogen) atoms. The van der Waals surface area contributed by atoms with E-state index >= 15 is 0 Å². The van der Waals surface area contributed by atoms with Gasteiger partial charge in [-0.05, 0) is 42.4 Å². The fourth-order valence-electron chi connectivity index (χ4n) is 4.75. The molecule has 0 radical (unpaired) electrons. The van der Waals surface area contributed by atoms with Crippen molar-refractivity contribution in [2.45, 2.75) is 13.1 Å². The maximum Gasteiger partial charge on any atom is 0.332 e. The Morgan fingerprint density at radius 2 is 1.47 bits per heavy atom. The number of fused-ring (bicyclic) bond motifs is 1. The molecule has 0 amide bonds. The van der Waals surface area contributed by atoms with Gasteiger partial charge < -0.3 is 14.5 Å². The molecule has 1 fully saturated rings. The lowest BCUT2D eigenvalue weighted by molar-refractivity contribution is 0.313. The second kappa shape index (κ2) is 10.2. The third kappa shape index (κ3) is 4.76. The van der Waals surface area contributed by atoms with Crippen molar-refractivity contribution < 1.29 is 4.74 Å². The molecule has 4 aromatic rings. The van der Waals surface area contributed by atoms with Gasteiger partial charge in [-0.15, -0.1) is 0 Å². The summed E-state index contributed by atoms with van der Waals surface area (Å²) in [4.78, 5) is 32.2. The van der Waals surface area contributed by atoms with E-state index in [2.05, 4.69) is 16.8 Å². The van der Waals surface area contributed by atoms with Crippen LogP contribution in [0.25, 0.3) is 10.9 Å². The zero-order valence-corrected chi connectivity index (χ0v) is 21.2. The van der Waals surface area contributed by atoms with E-state index in [4.69, 9.17) is 16.3 Å². The van der Waals surface area contributed by atoms with Crippen molar-refractivity contribution >= 4 is 28.2 Å². The molecular formula is C28H29ClN4O3. The molecule has 0 atom stereocenters. The number of nitrogens with zero attached hydrogens (tertiary/aromatic N) is 4. The van der Waals surface area contributed by atoms with Crippen molar-refractivity contribution in [3.63, 3.8) is 0 Å². The predicted octanol–water partition coefficient (Wildman–Crippen LogP) is 3.67. The standard InChI is InChI=1S/C28H29ClN4O3/c1-30-12-14-31(15-13-30)24-16-22(29)17-25-26(24)27(34)33(19-21-8-10-23(36-2)11-9-21)28(35)32(25)18-20-6-4-3-5-7-20/h3-11,16-17H,12-15,18-19H2,1-2H3. The van der Waals surface area contributed by atoms with Gasteiger partial charge in [-0.1, -0.05) is 54.1 Å². The van der Waals surface area contributed by atoms with E-state index in [-0.39, 0.29) is 17.8 Å². The molecule has 186 valence electrons. The molecule has 0 unspecified atom stereocenters. The molecule has 1 aromatic heterocycles. The average molecular weight is 505 g/mol. The number of anilines is 1. The van der Waals surface area contributed by atoms with Gasteiger partial charge in [0.05, 0.1) is 36.8 Å². The smallest absolute Gasteiger partial charge is 0.332 e. The van der Waals surface area contributed by atoms with Crippen molar-refractivity contribution in [3.05, 3.63) is 104 Å². The minimum absolute atomic E-state index is 0.164. The first-order chi connectivity index (χ1) is 17.4. The zero-order valence-electron chi connectivity index (χ0n) is 20.5. The van der Waals surface area contributed by atoms with E-state index in [0.717, 1.165) is 48.7 Å². The lowest BCUT2D eigenvalue weighted by Crippen LogP contribution is -2.46. The quantitative estimate of drug-likeness (QED) is 0.401. The Balaban J connectivity index is 1.73. The number of benzene rings is 3. The van der Waals surface area contributed by atoms with Gasteiger partial charge in [0.15, 0.2) is 0 Å². The molecule has 8 heteroatoms. The SMILES string of the molecule is COc1ccc(Cn2c(=O)c3c(N4CCN(C)CC4)cc(Cl)cc3n(Cc3ccccc3)c2=O)cc1. The van der Waals surface area contributed by atoms with E-state index in [1.54, 1.807) is 17.7 Å². The molecule has 1 aliphatic heterocycles. The fourth-order valence-corrected chi connectivity index (χ4v) is 4.96. The number of methoxy groups -OCH3 is 1. The summed E-state index contributed by atoms with van der Waals surface area (Å²) in [6, 6.07) is 20.8. The monoisotopic (exact) mass is 504 g/mol.